The summed E-state index contributed by atoms with van der Waals surface area (Å²) >= 11 is 0. The van der Waals surface area contributed by atoms with Gasteiger partial charge in [0.25, 0.3) is 11.3 Å². The molecule has 0 amide bonds. The van der Waals surface area contributed by atoms with Crippen molar-refractivity contribution in [1.29, 1.82) is 0 Å². The van der Waals surface area contributed by atoms with Gasteiger partial charge in [-0.1, -0.05) is 13.8 Å². The number of H-pyrrole nitrogens is 1. The summed E-state index contributed by atoms with van der Waals surface area (Å²) in [6.45, 7) is 5.74. The van der Waals surface area contributed by atoms with E-state index in [-0.39, 0.29) is 11.6 Å². The SMILES string of the molecule is CC(C)C(N)CCN(C)Cc1cc(=O)n2[nH]cnc2n1. The molecule has 2 aromatic heterocycles. The van der Waals surface area contributed by atoms with Crippen LogP contribution >= 0.6 is 0 Å². The van der Waals surface area contributed by atoms with Gasteiger partial charge in [-0.3, -0.25) is 9.89 Å². The fourth-order valence-electron chi connectivity index (χ4n) is 2.01. The minimum atomic E-state index is -0.144. The van der Waals surface area contributed by atoms with Gasteiger partial charge in [0.1, 0.15) is 6.33 Å². The molecule has 0 aliphatic carbocycles. The Kier molecular flexibility index (Phi) is 4.51. The first kappa shape index (κ1) is 14.7. The quantitative estimate of drug-likeness (QED) is 0.788. The lowest BCUT2D eigenvalue weighted by Crippen LogP contribution is -2.32. The van der Waals surface area contributed by atoms with Gasteiger partial charge in [0.05, 0.1) is 5.69 Å². The van der Waals surface area contributed by atoms with Crippen LogP contribution in [0.25, 0.3) is 5.78 Å². The monoisotopic (exact) mass is 278 g/mol. The fourth-order valence-corrected chi connectivity index (χ4v) is 2.01. The Bertz CT molecular complexity index is 617. The average molecular weight is 278 g/mol. The summed E-state index contributed by atoms with van der Waals surface area (Å²) in [4.78, 5) is 22.3. The standard InChI is InChI=1S/C13H22N6O/c1-9(2)11(14)4-5-18(3)7-10-6-12(20)19-13(17-10)15-8-16-19/h6,8-9,11H,4-5,7,14H2,1-3H3,(H,15,16,17). The number of nitrogens with zero attached hydrogens (tertiary/aromatic N) is 4. The third-order valence-corrected chi connectivity index (χ3v) is 3.45. The predicted octanol–water partition coefficient (Wildman–Crippen LogP) is 0.223. The number of rotatable bonds is 6. The van der Waals surface area contributed by atoms with Crippen molar-refractivity contribution in [2.45, 2.75) is 32.9 Å². The number of hydrogen-bond donors (Lipinski definition) is 2. The second-order valence-electron chi connectivity index (χ2n) is 5.54. The molecule has 0 fully saturated rings. The maximum Gasteiger partial charge on any atom is 0.274 e. The first-order valence-electron chi connectivity index (χ1n) is 6.83. The molecule has 0 aromatic carbocycles. The number of aromatic amines is 1. The van der Waals surface area contributed by atoms with E-state index >= 15 is 0 Å². The van der Waals surface area contributed by atoms with Crippen molar-refractivity contribution >= 4 is 5.78 Å². The molecule has 0 saturated heterocycles. The summed E-state index contributed by atoms with van der Waals surface area (Å²) in [6.07, 6.45) is 2.39. The Morgan fingerprint density at radius 3 is 2.95 bits per heavy atom. The van der Waals surface area contributed by atoms with Gasteiger partial charge in [-0.15, -0.1) is 0 Å². The van der Waals surface area contributed by atoms with E-state index in [1.807, 2.05) is 7.05 Å². The maximum absolute atomic E-state index is 11.8. The molecule has 3 N–H and O–H groups in total. The summed E-state index contributed by atoms with van der Waals surface area (Å²) < 4.78 is 1.32. The zero-order valence-corrected chi connectivity index (χ0v) is 12.2. The highest BCUT2D eigenvalue weighted by Gasteiger charge is 2.10. The summed E-state index contributed by atoms with van der Waals surface area (Å²) in [6, 6.07) is 1.73. The second-order valence-corrected chi connectivity index (χ2v) is 5.54. The molecule has 7 heteroatoms. The molecule has 0 aliphatic heterocycles. The Morgan fingerprint density at radius 2 is 2.25 bits per heavy atom. The van der Waals surface area contributed by atoms with Crippen LogP contribution in [0.5, 0.6) is 0 Å². The van der Waals surface area contributed by atoms with E-state index < -0.39 is 0 Å². The fraction of sp³-hybridized carbons (Fsp3) is 0.615. The van der Waals surface area contributed by atoms with Crippen molar-refractivity contribution in [3.63, 3.8) is 0 Å². The van der Waals surface area contributed by atoms with E-state index in [2.05, 4.69) is 33.8 Å². The lowest BCUT2D eigenvalue weighted by Gasteiger charge is -2.20. The number of fused-ring (bicyclic) bond motifs is 1. The van der Waals surface area contributed by atoms with E-state index in [0.717, 1.165) is 18.7 Å². The molecule has 1 atom stereocenters. The third kappa shape index (κ3) is 3.43. The van der Waals surface area contributed by atoms with Crippen LogP contribution in [0.4, 0.5) is 0 Å². The van der Waals surface area contributed by atoms with Gasteiger partial charge in [-0.25, -0.2) is 9.97 Å². The van der Waals surface area contributed by atoms with Crippen molar-refractivity contribution in [3.05, 3.63) is 28.4 Å². The molecular formula is C13H22N6O. The Balaban J connectivity index is 1.99. The van der Waals surface area contributed by atoms with Crippen molar-refractivity contribution in [2.24, 2.45) is 11.7 Å². The molecule has 110 valence electrons. The van der Waals surface area contributed by atoms with Crippen molar-refractivity contribution in [3.8, 4) is 0 Å². The molecule has 1 unspecified atom stereocenters. The van der Waals surface area contributed by atoms with Crippen molar-refractivity contribution in [2.75, 3.05) is 13.6 Å². The molecule has 7 nitrogen and oxygen atoms in total. The van der Waals surface area contributed by atoms with Gasteiger partial charge in [0.2, 0.25) is 0 Å². The van der Waals surface area contributed by atoms with E-state index in [4.69, 9.17) is 5.73 Å². The predicted molar refractivity (Wildman–Crippen MR) is 77.4 cm³/mol. The number of nitrogens with two attached hydrogens (primary N) is 1. The average Bonchev–Trinajstić information content (AvgIpc) is 2.84. The molecule has 0 saturated carbocycles. The molecule has 20 heavy (non-hydrogen) atoms. The van der Waals surface area contributed by atoms with Gasteiger partial charge in [-0.2, -0.15) is 4.52 Å². The number of hydrogen-bond acceptors (Lipinski definition) is 5. The van der Waals surface area contributed by atoms with Gasteiger partial charge in [-0.05, 0) is 25.9 Å². The van der Waals surface area contributed by atoms with Crippen LogP contribution in [-0.4, -0.2) is 44.1 Å². The van der Waals surface area contributed by atoms with E-state index in [9.17, 15) is 4.79 Å². The Hall–Kier alpha value is -1.73. The van der Waals surface area contributed by atoms with Crippen LogP contribution in [0.15, 0.2) is 17.2 Å². The molecule has 2 aromatic rings. The van der Waals surface area contributed by atoms with Gasteiger partial charge >= 0.3 is 0 Å². The smallest absolute Gasteiger partial charge is 0.274 e. The normalized spacial score (nSPS) is 13.5. The van der Waals surface area contributed by atoms with Crippen molar-refractivity contribution < 1.29 is 0 Å². The molecular weight excluding hydrogens is 256 g/mol. The van der Waals surface area contributed by atoms with Gasteiger partial charge < -0.3 is 10.6 Å². The molecule has 0 spiro atoms. The zero-order chi connectivity index (χ0) is 14.7. The highest BCUT2D eigenvalue weighted by molar-refractivity contribution is 5.25. The summed E-state index contributed by atoms with van der Waals surface area (Å²) in [7, 11) is 2.00. The van der Waals surface area contributed by atoms with Gasteiger partial charge in [0.15, 0.2) is 0 Å². The van der Waals surface area contributed by atoms with Crippen molar-refractivity contribution in [1.82, 2.24) is 24.5 Å². The van der Waals surface area contributed by atoms with Crippen LogP contribution in [0.1, 0.15) is 26.0 Å². The zero-order valence-electron chi connectivity index (χ0n) is 12.2. The highest BCUT2D eigenvalue weighted by Crippen LogP contribution is 2.05. The topological polar surface area (TPSA) is 92.3 Å². The second kappa shape index (κ2) is 6.15. The summed E-state index contributed by atoms with van der Waals surface area (Å²) in [5.41, 5.74) is 6.61. The van der Waals surface area contributed by atoms with Gasteiger partial charge in [0, 0.05) is 18.7 Å². The first-order valence-corrected chi connectivity index (χ1v) is 6.83. The maximum atomic E-state index is 11.8. The lowest BCUT2D eigenvalue weighted by molar-refractivity contribution is 0.293. The van der Waals surface area contributed by atoms with Crippen LogP contribution in [-0.2, 0) is 6.54 Å². The van der Waals surface area contributed by atoms with Crippen LogP contribution < -0.4 is 11.3 Å². The largest absolute Gasteiger partial charge is 0.327 e. The molecule has 0 bridgehead atoms. The van der Waals surface area contributed by atoms with Crippen LogP contribution in [0, 0.1) is 5.92 Å². The lowest BCUT2D eigenvalue weighted by atomic mass is 10.0. The molecule has 0 radical (unpaired) electrons. The first-order chi connectivity index (χ1) is 9.47. The van der Waals surface area contributed by atoms with E-state index in [0.29, 0.717) is 18.2 Å². The molecule has 2 heterocycles. The minimum absolute atomic E-state index is 0.144. The third-order valence-electron chi connectivity index (χ3n) is 3.45. The van der Waals surface area contributed by atoms with Crippen LogP contribution in [0.3, 0.4) is 0 Å². The van der Waals surface area contributed by atoms with Crippen LogP contribution in [0.2, 0.25) is 0 Å². The minimum Gasteiger partial charge on any atom is -0.327 e. The summed E-state index contributed by atoms with van der Waals surface area (Å²) in [5.74, 6) is 0.881. The number of aromatic nitrogens is 4. The van der Waals surface area contributed by atoms with E-state index in [1.54, 1.807) is 0 Å². The number of nitrogens with one attached hydrogen (secondary N) is 1. The highest BCUT2D eigenvalue weighted by atomic mass is 16.1. The van der Waals surface area contributed by atoms with E-state index in [1.165, 1.54) is 16.9 Å². The Morgan fingerprint density at radius 1 is 1.50 bits per heavy atom. The molecule has 0 aliphatic rings. The Labute approximate surface area is 117 Å². The molecule has 2 rings (SSSR count). The summed E-state index contributed by atoms with van der Waals surface area (Å²) in [5, 5.41) is 2.72.